The van der Waals surface area contributed by atoms with Crippen LogP contribution >= 0.6 is 7.92 Å². The van der Waals surface area contributed by atoms with Crippen molar-refractivity contribution in [1.82, 2.24) is 4.90 Å². The van der Waals surface area contributed by atoms with Crippen molar-refractivity contribution >= 4 is 21.0 Å². The minimum Gasteiger partial charge on any atom is -0.480 e. The van der Waals surface area contributed by atoms with Gasteiger partial charge >= 0.3 is 13.1 Å². The zero-order valence-corrected chi connectivity index (χ0v) is 15.0. The van der Waals surface area contributed by atoms with Gasteiger partial charge in [-0.3, -0.25) is 4.79 Å². The molecule has 2 fully saturated rings. The van der Waals surface area contributed by atoms with Gasteiger partial charge in [-0.05, 0) is 63.1 Å². The molecule has 23 heavy (non-hydrogen) atoms. The van der Waals surface area contributed by atoms with E-state index in [1.54, 1.807) is 0 Å². The Hall–Kier alpha value is -0.195. The summed E-state index contributed by atoms with van der Waals surface area (Å²) >= 11 is 0. The molecule has 0 aliphatic carbocycles. The van der Waals surface area contributed by atoms with Crippen molar-refractivity contribution in [2.75, 3.05) is 32.5 Å². The molecule has 0 bridgehead atoms. The monoisotopic (exact) mass is 344 g/mol. The van der Waals surface area contributed by atoms with Crippen LogP contribution < -0.4 is 5.73 Å². The van der Waals surface area contributed by atoms with E-state index < -0.39 is 18.6 Å². The van der Waals surface area contributed by atoms with Crippen molar-refractivity contribution in [2.45, 2.75) is 55.5 Å². The van der Waals surface area contributed by atoms with E-state index >= 15 is 0 Å². The highest BCUT2D eigenvalue weighted by Crippen LogP contribution is 2.70. The summed E-state index contributed by atoms with van der Waals surface area (Å²) in [6.07, 6.45) is 6.22. The fourth-order valence-electron chi connectivity index (χ4n) is 3.60. The number of rotatable bonds is 9. The van der Waals surface area contributed by atoms with Crippen LogP contribution in [0.15, 0.2) is 0 Å². The van der Waals surface area contributed by atoms with Gasteiger partial charge in [0.05, 0.1) is 0 Å². The molecule has 0 aromatic rings. The van der Waals surface area contributed by atoms with Crippen LogP contribution in [0, 0.1) is 0 Å². The first-order chi connectivity index (χ1) is 10.8. The molecule has 2 unspecified atom stereocenters. The van der Waals surface area contributed by atoms with Gasteiger partial charge in [-0.25, -0.2) is 0 Å². The van der Waals surface area contributed by atoms with Crippen LogP contribution in [-0.2, 0) is 4.79 Å². The normalized spacial score (nSPS) is 26.0. The predicted molar refractivity (Wildman–Crippen MR) is 94.1 cm³/mol. The smallest absolute Gasteiger partial charge is 0.451 e. The zero-order chi connectivity index (χ0) is 17.1. The second-order valence-corrected chi connectivity index (χ2v) is 10.0. The van der Waals surface area contributed by atoms with Crippen LogP contribution in [0.1, 0.15) is 38.5 Å². The average molecular weight is 344 g/mol. The summed E-state index contributed by atoms with van der Waals surface area (Å²) in [7, 11) is -1.06. The van der Waals surface area contributed by atoms with Crippen LogP contribution in [0.25, 0.3) is 0 Å². The van der Waals surface area contributed by atoms with Crippen molar-refractivity contribution in [1.29, 1.82) is 0 Å². The lowest BCUT2D eigenvalue weighted by Crippen LogP contribution is -2.51. The third kappa shape index (κ3) is 5.14. The van der Waals surface area contributed by atoms with Crippen molar-refractivity contribution in [3.8, 4) is 0 Å². The lowest BCUT2D eigenvalue weighted by atomic mass is 9.81. The van der Waals surface area contributed by atoms with Crippen molar-refractivity contribution < 1.29 is 19.9 Å². The molecule has 2 saturated heterocycles. The lowest BCUT2D eigenvalue weighted by molar-refractivity contribution is -0.144. The largest absolute Gasteiger partial charge is 0.480 e. The Morgan fingerprint density at radius 1 is 1.30 bits per heavy atom. The maximum Gasteiger partial charge on any atom is 0.451 e. The number of hydrogen-bond acceptors (Lipinski definition) is 5. The molecule has 0 aromatic heterocycles. The summed E-state index contributed by atoms with van der Waals surface area (Å²) in [5, 5.41) is 27.8. The summed E-state index contributed by atoms with van der Waals surface area (Å²) in [6.45, 7) is 5.27. The highest BCUT2D eigenvalue weighted by atomic mass is 31.1. The van der Waals surface area contributed by atoms with E-state index in [4.69, 9.17) is 15.8 Å². The molecule has 0 aromatic carbocycles. The van der Waals surface area contributed by atoms with Gasteiger partial charge < -0.3 is 25.8 Å². The molecule has 132 valence electrons. The van der Waals surface area contributed by atoms with Gasteiger partial charge in [0.15, 0.2) is 0 Å². The maximum absolute atomic E-state index is 11.5. The quantitative estimate of drug-likeness (QED) is 0.280. The zero-order valence-electron chi connectivity index (χ0n) is 14.1. The SMILES string of the molecule is CP1CC12CCN(CCC(N)(CCCCB(O)O)C(=O)O)CC2. The van der Waals surface area contributed by atoms with Crippen molar-refractivity contribution in [3.63, 3.8) is 0 Å². The van der Waals surface area contributed by atoms with E-state index in [-0.39, 0.29) is 14.2 Å². The Morgan fingerprint density at radius 2 is 1.91 bits per heavy atom. The minimum absolute atomic E-state index is 0.264. The molecule has 6 nitrogen and oxygen atoms in total. The first-order valence-corrected chi connectivity index (χ1v) is 10.6. The molecular formula is C15H30BN2O4P. The number of carboxylic acid groups (broad SMARTS) is 1. The average Bonchev–Trinajstić information content (AvgIpc) is 3.12. The number of piperidine rings is 1. The molecule has 1 spiro atoms. The number of carboxylic acids is 1. The highest BCUT2D eigenvalue weighted by molar-refractivity contribution is 7.66. The Labute approximate surface area is 140 Å². The Bertz CT molecular complexity index is 418. The summed E-state index contributed by atoms with van der Waals surface area (Å²) in [6, 6.07) is 0. The summed E-state index contributed by atoms with van der Waals surface area (Å²) < 4.78 is 0. The number of nitrogens with two attached hydrogens (primary N) is 1. The topological polar surface area (TPSA) is 107 Å². The van der Waals surface area contributed by atoms with E-state index in [0.717, 1.165) is 19.6 Å². The molecule has 0 saturated carbocycles. The van der Waals surface area contributed by atoms with Gasteiger partial charge in [-0.15, -0.1) is 7.92 Å². The fourth-order valence-corrected chi connectivity index (χ4v) is 6.12. The molecule has 2 aliphatic heterocycles. The van der Waals surface area contributed by atoms with Gasteiger partial charge in [-0.1, -0.05) is 12.8 Å². The first kappa shape index (κ1) is 19.1. The number of carbonyl (C=O) groups is 1. The molecule has 2 heterocycles. The maximum atomic E-state index is 11.5. The molecule has 2 rings (SSSR count). The second kappa shape index (κ2) is 7.79. The number of hydrogen-bond donors (Lipinski definition) is 4. The molecule has 0 amide bonds. The summed E-state index contributed by atoms with van der Waals surface area (Å²) in [4.78, 5) is 13.9. The van der Waals surface area contributed by atoms with Gasteiger partial charge in [0.2, 0.25) is 0 Å². The number of aliphatic carboxylic acids is 1. The van der Waals surface area contributed by atoms with Gasteiger partial charge in [0, 0.05) is 6.54 Å². The van der Waals surface area contributed by atoms with Crippen molar-refractivity contribution in [3.05, 3.63) is 0 Å². The molecule has 5 N–H and O–H groups in total. The number of nitrogens with zero attached hydrogens (tertiary/aromatic N) is 1. The number of unbranched alkanes of at least 4 members (excludes halogenated alkanes) is 1. The van der Waals surface area contributed by atoms with Gasteiger partial charge in [-0.2, -0.15) is 0 Å². The third-order valence-electron chi connectivity index (χ3n) is 5.66. The standard InChI is InChI=1S/C15H30BN2O4P/c1-23-12-14(23)5-9-18(10-6-14)11-7-15(17,13(19)20)4-2-3-8-16(21)22/h21-22H,2-12,17H2,1H3,(H,19,20). The minimum atomic E-state index is -1.32. The first-order valence-electron chi connectivity index (χ1n) is 8.59. The van der Waals surface area contributed by atoms with Gasteiger partial charge in [0.1, 0.15) is 5.54 Å². The van der Waals surface area contributed by atoms with E-state index in [1.807, 2.05) is 0 Å². The predicted octanol–water partition coefficient (Wildman–Crippen LogP) is 0.762. The second-order valence-electron chi connectivity index (χ2n) is 7.36. The molecule has 2 aliphatic rings. The molecular weight excluding hydrogens is 314 g/mol. The summed E-state index contributed by atoms with van der Waals surface area (Å²) in [5.41, 5.74) is 4.91. The van der Waals surface area contributed by atoms with Crippen LogP contribution in [0.4, 0.5) is 0 Å². The lowest BCUT2D eigenvalue weighted by Gasteiger charge is -2.34. The van der Waals surface area contributed by atoms with E-state index in [0.29, 0.717) is 30.8 Å². The van der Waals surface area contributed by atoms with Crippen LogP contribution in [0.2, 0.25) is 6.32 Å². The Morgan fingerprint density at radius 3 is 2.39 bits per heavy atom. The Kier molecular flexibility index (Phi) is 6.48. The van der Waals surface area contributed by atoms with Crippen LogP contribution in [-0.4, -0.2) is 76.3 Å². The highest BCUT2D eigenvalue weighted by Gasteiger charge is 2.51. The van der Waals surface area contributed by atoms with Crippen LogP contribution in [0.5, 0.6) is 0 Å². The third-order valence-corrected chi connectivity index (χ3v) is 8.58. The molecule has 2 atom stereocenters. The van der Waals surface area contributed by atoms with E-state index in [9.17, 15) is 9.90 Å². The number of likely N-dealkylation sites (tertiary alicyclic amines) is 1. The van der Waals surface area contributed by atoms with E-state index in [2.05, 4.69) is 11.6 Å². The fraction of sp³-hybridized carbons (Fsp3) is 0.933. The summed E-state index contributed by atoms with van der Waals surface area (Å²) in [5.74, 6) is -0.949. The molecule has 8 heteroatoms. The van der Waals surface area contributed by atoms with Gasteiger partial charge in [0.25, 0.3) is 0 Å². The van der Waals surface area contributed by atoms with Crippen molar-refractivity contribution in [2.24, 2.45) is 5.73 Å². The molecule has 0 radical (unpaired) electrons. The van der Waals surface area contributed by atoms with E-state index in [1.165, 1.54) is 19.0 Å². The Balaban J connectivity index is 1.72. The van der Waals surface area contributed by atoms with Crippen LogP contribution in [0.3, 0.4) is 0 Å².